The Morgan fingerprint density at radius 3 is 2.33 bits per heavy atom. The van der Waals surface area contributed by atoms with E-state index >= 15 is 0 Å². The van der Waals surface area contributed by atoms with Crippen molar-refractivity contribution in [3.05, 3.63) is 66.7 Å². The summed E-state index contributed by atoms with van der Waals surface area (Å²) in [4.78, 5) is 22.5. The van der Waals surface area contributed by atoms with Gasteiger partial charge in [-0.25, -0.2) is 4.79 Å². The van der Waals surface area contributed by atoms with E-state index in [1.165, 1.54) is 18.2 Å². The molecule has 138 valence electrons. The number of nitrogens with two attached hydrogens (primary N) is 1. The van der Waals surface area contributed by atoms with Gasteiger partial charge in [0.2, 0.25) is 0 Å². The minimum atomic E-state index is -1.06. The molecule has 0 aliphatic rings. The third kappa shape index (κ3) is 6.13. The van der Waals surface area contributed by atoms with Gasteiger partial charge in [0.15, 0.2) is 5.75 Å². The van der Waals surface area contributed by atoms with E-state index in [1.807, 2.05) is 29.6 Å². The summed E-state index contributed by atoms with van der Waals surface area (Å²) in [6.45, 7) is 0.274. The molecule has 0 aliphatic heterocycles. The third-order valence-corrected chi connectivity index (χ3v) is 4.51. The van der Waals surface area contributed by atoms with Crippen molar-refractivity contribution in [2.45, 2.75) is 6.61 Å². The average molecular weight is 516 g/mol. The van der Waals surface area contributed by atoms with Crippen LogP contribution < -0.4 is 15.8 Å². The molecule has 0 saturated heterocycles. The topological polar surface area (TPSA) is 105 Å². The number of amides is 3. The zero-order valence-corrected chi connectivity index (χ0v) is 17.3. The van der Waals surface area contributed by atoms with Crippen LogP contribution in [0.2, 0.25) is 10.0 Å². The standard InChI is InChI=1S/C18H12Cl2IN3O3/c19-14-6-11(5-12(8-22)17(25)24-18(23)26)7-15(20)16(14)27-9-10-1-3-13(21)4-2-10/h1-7H,9H2,(H3,23,24,25,26)/b12-5-. The van der Waals surface area contributed by atoms with Crippen LogP contribution in [0.5, 0.6) is 5.75 Å². The lowest BCUT2D eigenvalue weighted by molar-refractivity contribution is -0.115. The number of primary amides is 1. The number of nitriles is 1. The Morgan fingerprint density at radius 1 is 1.22 bits per heavy atom. The van der Waals surface area contributed by atoms with Gasteiger partial charge in [-0.3, -0.25) is 10.1 Å². The summed E-state index contributed by atoms with van der Waals surface area (Å²) in [5, 5.41) is 11.3. The summed E-state index contributed by atoms with van der Waals surface area (Å²) in [7, 11) is 0. The van der Waals surface area contributed by atoms with Gasteiger partial charge in [0, 0.05) is 3.57 Å². The van der Waals surface area contributed by atoms with Gasteiger partial charge in [-0.1, -0.05) is 35.3 Å². The number of nitrogens with one attached hydrogen (secondary N) is 1. The van der Waals surface area contributed by atoms with E-state index in [4.69, 9.17) is 38.9 Å². The molecule has 2 aromatic carbocycles. The predicted octanol–water partition coefficient (Wildman–Crippen LogP) is 4.28. The molecule has 3 amide bonds. The Kier molecular flexibility index (Phi) is 7.47. The maximum Gasteiger partial charge on any atom is 0.319 e. The van der Waals surface area contributed by atoms with Crippen LogP contribution in [-0.2, 0) is 11.4 Å². The van der Waals surface area contributed by atoms with Gasteiger partial charge >= 0.3 is 6.03 Å². The molecular formula is C18H12Cl2IN3O3. The second-order valence-electron chi connectivity index (χ2n) is 5.22. The van der Waals surface area contributed by atoms with Crippen molar-refractivity contribution in [1.82, 2.24) is 5.32 Å². The van der Waals surface area contributed by atoms with Crippen LogP contribution >= 0.6 is 45.8 Å². The lowest BCUT2D eigenvalue weighted by Gasteiger charge is -2.11. The Bertz CT molecular complexity index is 930. The number of urea groups is 1. The van der Waals surface area contributed by atoms with Crippen LogP contribution in [0.3, 0.4) is 0 Å². The molecule has 0 saturated carbocycles. The first kappa shape index (κ1) is 21.0. The first-order chi connectivity index (χ1) is 12.8. The van der Waals surface area contributed by atoms with E-state index < -0.39 is 11.9 Å². The summed E-state index contributed by atoms with van der Waals surface area (Å²) in [6.07, 6.45) is 1.24. The van der Waals surface area contributed by atoms with Crippen LogP contribution in [0, 0.1) is 14.9 Å². The fourth-order valence-electron chi connectivity index (χ4n) is 2.03. The number of carbonyl (C=O) groups excluding carboxylic acids is 2. The normalized spacial score (nSPS) is 10.8. The number of nitrogens with zero attached hydrogens (tertiary/aromatic N) is 1. The highest BCUT2D eigenvalue weighted by Crippen LogP contribution is 2.35. The number of benzene rings is 2. The minimum absolute atomic E-state index is 0.215. The number of carbonyl (C=O) groups is 2. The number of hydrogen-bond donors (Lipinski definition) is 2. The molecule has 6 nitrogen and oxygen atoms in total. The summed E-state index contributed by atoms with van der Waals surface area (Å²) >= 11 is 14.6. The largest absolute Gasteiger partial charge is 0.486 e. The minimum Gasteiger partial charge on any atom is -0.486 e. The molecule has 0 aromatic heterocycles. The van der Waals surface area contributed by atoms with Crippen LogP contribution in [0.15, 0.2) is 42.0 Å². The highest BCUT2D eigenvalue weighted by molar-refractivity contribution is 14.1. The molecule has 0 spiro atoms. The van der Waals surface area contributed by atoms with Gasteiger partial charge in [0.05, 0.1) is 10.0 Å². The van der Waals surface area contributed by atoms with Crippen molar-refractivity contribution in [3.8, 4) is 11.8 Å². The number of rotatable bonds is 5. The Labute approximate surface area is 179 Å². The fraction of sp³-hybridized carbons (Fsp3) is 0.0556. The lowest BCUT2D eigenvalue weighted by atomic mass is 10.1. The Morgan fingerprint density at radius 2 is 1.81 bits per heavy atom. The molecule has 2 rings (SSSR count). The van der Waals surface area contributed by atoms with Crippen molar-refractivity contribution in [3.63, 3.8) is 0 Å². The SMILES string of the molecule is N#C/C(=C/c1cc(Cl)c(OCc2ccc(I)cc2)c(Cl)c1)C(=O)NC(N)=O. The monoisotopic (exact) mass is 515 g/mol. The smallest absolute Gasteiger partial charge is 0.319 e. The molecule has 0 fully saturated rings. The first-order valence-corrected chi connectivity index (χ1v) is 9.22. The maximum atomic E-state index is 11.7. The van der Waals surface area contributed by atoms with Crippen molar-refractivity contribution in [2.75, 3.05) is 0 Å². The fourth-order valence-corrected chi connectivity index (χ4v) is 3.00. The van der Waals surface area contributed by atoms with E-state index in [2.05, 4.69) is 22.6 Å². The molecule has 3 N–H and O–H groups in total. The number of imide groups is 1. The van der Waals surface area contributed by atoms with E-state index in [1.54, 1.807) is 6.07 Å². The lowest BCUT2D eigenvalue weighted by Crippen LogP contribution is -2.35. The van der Waals surface area contributed by atoms with E-state index in [0.29, 0.717) is 5.56 Å². The van der Waals surface area contributed by atoms with Crippen LogP contribution in [0.4, 0.5) is 4.79 Å². The summed E-state index contributed by atoms with van der Waals surface area (Å²) in [6, 6.07) is 11.4. The second kappa shape index (κ2) is 9.60. The van der Waals surface area contributed by atoms with E-state index in [-0.39, 0.29) is 28.0 Å². The molecule has 0 atom stereocenters. The average Bonchev–Trinajstić information content (AvgIpc) is 2.59. The first-order valence-electron chi connectivity index (χ1n) is 7.39. The van der Waals surface area contributed by atoms with Crippen molar-refractivity contribution < 1.29 is 14.3 Å². The Hall–Kier alpha value is -2.28. The number of halogens is 3. The molecule has 27 heavy (non-hydrogen) atoms. The molecule has 0 unspecified atom stereocenters. The molecular weight excluding hydrogens is 504 g/mol. The quantitative estimate of drug-likeness (QED) is 0.352. The molecule has 2 aromatic rings. The van der Waals surface area contributed by atoms with Crippen LogP contribution in [-0.4, -0.2) is 11.9 Å². The number of hydrogen-bond acceptors (Lipinski definition) is 4. The van der Waals surface area contributed by atoms with Gasteiger partial charge in [-0.15, -0.1) is 0 Å². The van der Waals surface area contributed by atoms with Gasteiger partial charge in [-0.2, -0.15) is 5.26 Å². The van der Waals surface area contributed by atoms with Crippen LogP contribution in [0.1, 0.15) is 11.1 Å². The molecule has 9 heteroatoms. The molecule has 0 aliphatic carbocycles. The zero-order chi connectivity index (χ0) is 20.0. The Balaban J connectivity index is 2.21. The van der Waals surface area contributed by atoms with Gasteiger partial charge in [-0.05, 0) is 64.1 Å². The zero-order valence-electron chi connectivity index (χ0n) is 13.6. The van der Waals surface area contributed by atoms with Gasteiger partial charge < -0.3 is 10.5 Å². The van der Waals surface area contributed by atoms with Crippen molar-refractivity contribution >= 4 is 63.8 Å². The highest BCUT2D eigenvalue weighted by Gasteiger charge is 2.14. The summed E-state index contributed by atoms with van der Waals surface area (Å²) in [5.41, 5.74) is 5.88. The van der Waals surface area contributed by atoms with Crippen molar-refractivity contribution in [1.29, 1.82) is 5.26 Å². The summed E-state index contributed by atoms with van der Waals surface area (Å²) in [5.74, 6) is -0.634. The van der Waals surface area contributed by atoms with E-state index in [9.17, 15) is 9.59 Å². The molecule has 0 radical (unpaired) electrons. The maximum absolute atomic E-state index is 11.7. The molecule has 0 heterocycles. The van der Waals surface area contributed by atoms with Crippen molar-refractivity contribution in [2.24, 2.45) is 5.73 Å². The van der Waals surface area contributed by atoms with E-state index in [0.717, 1.165) is 9.13 Å². The van der Waals surface area contributed by atoms with Gasteiger partial charge in [0.1, 0.15) is 18.2 Å². The number of ether oxygens (including phenoxy) is 1. The molecule has 0 bridgehead atoms. The van der Waals surface area contributed by atoms with Gasteiger partial charge in [0.25, 0.3) is 5.91 Å². The third-order valence-electron chi connectivity index (χ3n) is 3.23. The van der Waals surface area contributed by atoms with Crippen LogP contribution in [0.25, 0.3) is 6.08 Å². The second-order valence-corrected chi connectivity index (χ2v) is 7.28. The summed E-state index contributed by atoms with van der Waals surface area (Å²) < 4.78 is 6.80. The highest BCUT2D eigenvalue weighted by atomic mass is 127. The predicted molar refractivity (Wildman–Crippen MR) is 111 cm³/mol.